The van der Waals surface area contributed by atoms with Crippen LogP contribution < -0.4 is 18.9 Å². The highest BCUT2D eigenvalue weighted by molar-refractivity contribution is 5.90. The monoisotopic (exact) mass is 523 g/mol. The Morgan fingerprint density at radius 2 is 1.53 bits per heavy atom. The quantitative estimate of drug-likeness (QED) is 0.107. The van der Waals surface area contributed by atoms with Gasteiger partial charge < -0.3 is 23.7 Å². The molecule has 0 aromatic heterocycles. The van der Waals surface area contributed by atoms with Crippen molar-refractivity contribution in [2.24, 2.45) is 5.41 Å². The van der Waals surface area contributed by atoms with E-state index in [1.54, 1.807) is 27.4 Å². The van der Waals surface area contributed by atoms with Crippen molar-refractivity contribution in [2.45, 2.75) is 59.8 Å². The number of aryl methyl sites for hydroxylation is 1. The fourth-order valence-electron chi connectivity index (χ4n) is 3.76. The maximum Gasteiger partial charge on any atom is 0.311 e. The third kappa shape index (κ3) is 8.44. The van der Waals surface area contributed by atoms with E-state index in [1.807, 2.05) is 58.0 Å². The molecule has 0 atom stereocenters. The number of carbonyl (C=O) groups is 1. The summed E-state index contributed by atoms with van der Waals surface area (Å²) in [6.45, 7) is 8.69. The van der Waals surface area contributed by atoms with Crippen LogP contribution in [0.25, 0.3) is 11.6 Å². The van der Waals surface area contributed by atoms with Gasteiger partial charge in [0.25, 0.3) is 0 Å². The third-order valence-corrected chi connectivity index (χ3v) is 6.57. The lowest BCUT2D eigenvalue weighted by molar-refractivity contribution is -0.154. The molecule has 7 nitrogen and oxygen atoms in total. The summed E-state index contributed by atoms with van der Waals surface area (Å²) in [5.41, 5.74) is 2.59. The van der Waals surface area contributed by atoms with E-state index in [1.165, 1.54) is 0 Å². The van der Waals surface area contributed by atoms with Gasteiger partial charge in [0.1, 0.15) is 5.75 Å². The van der Waals surface area contributed by atoms with Crippen LogP contribution in [-0.2, 0) is 9.53 Å². The molecule has 0 aliphatic rings. The topological polar surface area (TPSA) is 87.0 Å². The third-order valence-electron chi connectivity index (χ3n) is 6.57. The summed E-state index contributed by atoms with van der Waals surface area (Å²) in [6, 6.07) is 11.6. The number of hydrogen-bond acceptors (Lipinski definition) is 7. The summed E-state index contributed by atoms with van der Waals surface area (Å²) in [7, 11) is 4.78. The number of unbranched alkanes of at least 4 members (excludes halogenated alkanes) is 3. The first-order chi connectivity index (χ1) is 18.2. The summed E-state index contributed by atoms with van der Waals surface area (Å²) < 4.78 is 27.9. The largest absolute Gasteiger partial charge is 0.496 e. The lowest BCUT2D eigenvalue weighted by Crippen LogP contribution is -2.26. The number of nitriles is 1. The second kappa shape index (κ2) is 14.9. The van der Waals surface area contributed by atoms with Crippen molar-refractivity contribution in [3.05, 3.63) is 47.0 Å². The minimum Gasteiger partial charge on any atom is -0.496 e. The van der Waals surface area contributed by atoms with E-state index in [9.17, 15) is 10.1 Å². The molecule has 0 saturated heterocycles. The predicted octanol–water partition coefficient (Wildman–Crippen LogP) is 7.00. The number of allylic oxidation sites excluding steroid dienone is 1. The number of methoxy groups -OCH3 is 3. The number of esters is 1. The molecule has 0 heterocycles. The van der Waals surface area contributed by atoms with E-state index in [4.69, 9.17) is 23.7 Å². The Labute approximate surface area is 227 Å². The molecule has 0 radical (unpaired) electrons. The van der Waals surface area contributed by atoms with Gasteiger partial charge in [0.2, 0.25) is 5.75 Å². The number of rotatable bonds is 15. The van der Waals surface area contributed by atoms with Crippen LogP contribution in [-0.4, -0.2) is 40.5 Å². The summed E-state index contributed by atoms with van der Waals surface area (Å²) >= 11 is 0. The van der Waals surface area contributed by atoms with Gasteiger partial charge in [-0.05, 0) is 106 Å². The molecule has 0 aliphatic heterocycles. The van der Waals surface area contributed by atoms with Crippen molar-refractivity contribution in [1.29, 1.82) is 5.26 Å². The number of carbonyl (C=O) groups excluding carboxylic acids is 1. The van der Waals surface area contributed by atoms with Gasteiger partial charge >= 0.3 is 5.97 Å². The molecule has 0 N–H and O–H groups in total. The van der Waals surface area contributed by atoms with Crippen LogP contribution in [0.2, 0.25) is 0 Å². The van der Waals surface area contributed by atoms with Crippen molar-refractivity contribution in [3.63, 3.8) is 0 Å². The van der Waals surface area contributed by atoms with Gasteiger partial charge in [-0.2, -0.15) is 5.26 Å². The van der Waals surface area contributed by atoms with Crippen molar-refractivity contribution < 1.29 is 28.5 Å². The zero-order valence-electron chi connectivity index (χ0n) is 23.8. The standard InChI is InChI=1S/C31H41NO6/c1-8-31(3,4)30(33)38-16-12-10-9-11-15-37-29-27(35-6)19-23(20-28(29)36-7)18-25(21-32)24-13-14-26(34-5)22(2)17-24/h13-14,17-20H,8-12,15-16H2,1-7H3/b25-18+. The number of nitrogens with zero attached hydrogens (tertiary/aromatic N) is 1. The second-order valence-corrected chi connectivity index (χ2v) is 9.74. The predicted molar refractivity (Wildman–Crippen MR) is 150 cm³/mol. The zero-order valence-corrected chi connectivity index (χ0v) is 23.8. The molecule has 0 amide bonds. The Balaban J connectivity index is 1.99. The first kappa shape index (κ1) is 30.6. The van der Waals surface area contributed by atoms with Gasteiger partial charge in [-0.3, -0.25) is 4.79 Å². The van der Waals surface area contributed by atoms with Gasteiger partial charge in [-0.1, -0.05) is 6.92 Å². The van der Waals surface area contributed by atoms with Crippen LogP contribution in [0.3, 0.4) is 0 Å². The Morgan fingerprint density at radius 3 is 2.05 bits per heavy atom. The van der Waals surface area contributed by atoms with Crippen LogP contribution in [0.1, 0.15) is 69.6 Å². The first-order valence-electron chi connectivity index (χ1n) is 13.0. The maximum absolute atomic E-state index is 12.0. The molecule has 0 spiro atoms. The first-order valence-corrected chi connectivity index (χ1v) is 13.0. The van der Waals surface area contributed by atoms with Crippen LogP contribution in [0, 0.1) is 23.7 Å². The highest BCUT2D eigenvalue weighted by atomic mass is 16.5. The fraction of sp³-hybridized carbons (Fsp3) is 0.484. The highest BCUT2D eigenvalue weighted by Gasteiger charge is 2.26. The summed E-state index contributed by atoms with van der Waals surface area (Å²) in [5, 5.41) is 9.80. The number of ether oxygens (including phenoxy) is 5. The molecule has 38 heavy (non-hydrogen) atoms. The van der Waals surface area contributed by atoms with Gasteiger partial charge in [0, 0.05) is 0 Å². The van der Waals surface area contributed by atoms with Gasteiger partial charge in [-0.25, -0.2) is 0 Å². The van der Waals surface area contributed by atoms with Gasteiger partial charge in [0.15, 0.2) is 11.5 Å². The Kier molecular flexibility index (Phi) is 12.0. The maximum atomic E-state index is 12.0. The average molecular weight is 524 g/mol. The van der Waals surface area contributed by atoms with E-state index in [2.05, 4.69) is 6.07 Å². The smallest absolute Gasteiger partial charge is 0.311 e. The highest BCUT2D eigenvalue weighted by Crippen LogP contribution is 2.39. The number of hydrogen-bond donors (Lipinski definition) is 0. The van der Waals surface area contributed by atoms with Crippen LogP contribution in [0.5, 0.6) is 23.0 Å². The van der Waals surface area contributed by atoms with Gasteiger partial charge in [0.05, 0.1) is 51.6 Å². The molecule has 0 unspecified atom stereocenters. The van der Waals surface area contributed by atoms with E-state index in [0.717, 1.165) is 54.5 Å². The fourth-order valence-corrected chi connectivity index (χ4v) is 3.76. The molecule has 206 valence electrons. The lowest BCUT2D eigenvalue weighted by Gasteiger charge is -2.20. The Bertz CT molecular complexity index is 1120. The van der Waals surface area contributed by atoms with Crippen LogP contribution in [0.15, 0.2) is 30.3 Å². The normalized spacial score (nSPS) is 11.5. The molecule has 0 bridgehead atoms. The van der Waals surface area contributed by atoms with Crippen molar-refractivity contribution >= 4 is 17.6 Å². The Morgan fingerprint density at radius 1 is 0.921 bits per heavy atom. The molecule has 0 fully saturated rings. The minimum absolute atomic E-state index is 0.137. The van der Waals surface area contributed by atoms with E-state index in [0.29, 0.717) is 36.0 Å². The van der Waals surface area contributed by atoms with Gasteiger partial charge in [-0.15, -0.1) is 0 Å². The van der Waals surface area contributed by atoms with E-state index in [-0.39, 0.29) is 5.97 Å². The molecule has 7 heteroatoms. The molecule has 2 aromatic rings. The average Bonchev–Trinajstić information content (AvgIpc) is 2.92. The second-order valence-electron chi connectivity index (χ2n) is 9.74. The summed E-state index contributed by atoms with van der Waals surface area (Å²) in [5.74, 6) is 2.23. The van der Waals surface area contributed by atoms with Crippen molar-refractivity contribution in [1.82, 2.24) is 0 Å². The van der Waals surface area contributed by atoms with E-state index >= 15 is 0 Å². The summed E-state index contributed by atoms with van der Waals surface area (Å²) in [4.78, 5) is 12.0. The van der Waals surface area contributed by atoms with E-state index < -0.39 is 5.41 Å². The molecule has 2 rings (SSSR count). The van der Waals surface area contributed by atoms with Crippen LogP contribution >= 0.6 is 0 Å². The molecule has 2 aromatic carbocycles. The minimum atomic E-state index is -0.428. The zero-order chi connectivity index (χ0) is 28.1. The lowest BCUT2D eigenvalue weighted by atomic mass is 9.91. The molecular formula is C31H41NO6. The molecule has 0 saturated carbocycles. The summed E-state index contributed by atoms with van der Waals surface area (Å²) in [6.07, 6.45) is 6.13. The van der Waals surface area contributed by atoms with Crippen molar-refractivity contribution in [3.8, 4) is 29.1 Å². The van der Waals surface area contributed by atoms with Crippen LogP contribution in [0.4, 0.5) is 0 Å². The molecule has 0 aliphatic carbocycles. The number of benzene rings is 2. The van der Waals surface area contributed by atoms with Crippen molar-refractivity contribution in [2.75, 3.05) is 34.5 Å². The SMILES string of the molecule is CCC(C)(C)C(=O)OCCCCCCOc1c(OC)cc(/C=C(\C#N)c2ccc(OC)c(C)c2)cc1OC. The molecular weight excluding hydrogens is 482 g/mol. The Hall–Kier alpha value is -3.66.